The Balaban J connectivity index is 1.91. The molecule has 0 aromatic carbocycles. The standard InChI is InChI=1S/C13H20N6O/c1-9(2)12-16-13(18(4)17-12)15-11(20)5-6-19-8-10(3)7-14-19/h7-9H,5-6H2,1-4H3,(H,15,16,17,20). The Hall–Kier alpha value is -2.18. The van der Waals surface area contributed by atoms with Crippen LogP contribution in [0.1, 0.15) is 37.6 Å². The fourth-order valence-electron chi connectivity index (χ4n) is 1.75. The molecular formula is C13H20N6O. The van der Waals surface area contributed by atoms with Crippen LogP contribution in [0.25, 0.3) is 0 Å². The molecule has 0 saturated heterocycles. The van der Waals surface area contributed by atoms with Crippen molar-refractivity contribution < 1.29 is 4.79 Å². The van der Waals surface area contributed by atoms with Crippen molar-refractivity contribution in [3.05, 3.63) is 23.8 Å². The first kappa shape index (κ1) is 14.2. The van der Waals surface area contributed by atoms with Gasteiger partial charge in [0.05, 0.1) is 6.20 Å². The van der Waals surface area contributed by atoms with Gasteiger partial charge in [-0.1, -0.05) is 13.8 Å². The van der Waals surface area contributed by atoms with Crippen molar-refractivity contribution in [1.82, 2.24) is 24.5 Å². The van der Waals surface area contributed by atoms with Gasteiger partial charge in [-0.15, -0.1) is 0 Å². The Morgan fingerprint density at radius 2 is 2.20 bits per heavy atom. The van der Waals surface area contributed by atoms with Gasteiger partial charge in [0, 0.05) is 32.1 Å². The molecule has 20 heavy (non-hydrogen) atoms. The highest BCUT2D eigenvalue weighted by atomic mass is 16.1. The second-order valence-electron chi connectivity index (χ2n) is 5.15. The molecule has 2 heterocycles. The monoisotopic (exact) mass is 276 g/mol. The fraction of sp³-hybridized carbons (Fsp3) is 0.538. The molecule has 1 N–H and O–H groups in total. The number of rotatable bonds is 5. The maximum Gasteiger partial charge on any atom is 0.228 e. The van der Waals surface area contributed by atoms with Crippen LogP contribution in [0, 0.1) is 6.92 Å². The minimum atomic E-state index is -0.0936. The SMILES string of the molecule is Cc1cnn(CCC(=O)Nc2nc(C(C)C)nn2C)c1. The number of amides is 1. The van der Waals surface area contributed by atoms with Gasteiger partial charge in [-0.2, -0.15) is 15.2 Å². The van der Waals surface area contributed by atoms with E-state index in [0.717, 1.165) is 11.4 Å². The zero-order valence-electron chi connectivity index (χ0n) is 12.3. The Kier molecular flexibility index (Phi) is 4.16. The van der Waals surface area contributed by atoms with E-state index in [0.29, 0.717) is 18.9 Å². The second-order valence-corrected chi connectivity index (χ2v) is 5.15. The zero-order valence-corrected chi connectivity index (χ0v) is 12.3. The number of anilines is 1. The van der Waals surface area contributed by atoms with Crippen LogP contribution in [0.3, 0.4) is 0 Å². The van der Waals surface area contributed by atoms with E-state index >= 15 is 0 Å². The van der Waals surface area contributed by atoms with Crippen LogP contribution in [0.5, 0.6) is 0 Å². The van der Waals surface area contributed by atoms with Crippen molar-refractivity contribution in [3.63, 3.8) is 0 Å². The number of hydrogen-bond donors (Lipinski definition) is 1. The maximum atomic E-state index is 11.9. The first-order valence-electron chi connectivity index (χ1n) is 6.65. The summed E-state index contributed by atoms with van der Waals surface area (Å²) in [5, 5.41) is 11.2. The average molecular weight is 276 g/mol. The number of nitrogens with zero attached hydrogens (tertiary/aromatic N) is 5. The Bertz CT molecular complexity index is 598. The lowest BCUT2D eigenvalue weighted by atomic mass is 10.2. The summed E-state index contributed by atoms with van der Waals surface area (Å²) in [6, 6.07) is 0. The summed E-state index contributed by atoms with van der Waals surface area (Å²) in [5.74, 6) is 1.35. The highest BCUT2D eigenvalue weighted by Crippen LogP contribution is 2.12. The molecule has 108 valence electrons. The maximum absolute atomic E-state index is 11.9. The molecule has 0 aliphatic carbocycles. The van der Waals surface area contributed by atoms with Crippen molar-refractivity contribution in [2.24, 2.45) is 7.05 Å². The molecule has 0 bridgehead atoms. The normalized spacial score (nSPS) is 11.1. The molecule has 0 spiro atoms. The lowest BCUT2D eigenvalue weighted by Gasteiger charge is -2.03. The lowest BCUT2D eigenvalue weighted by Crippen LogP contribution is -2.17. The van der Waals surface area contributed by atoms with Gasteiger partial charge in [-0.3, -0.25) is 14.8 Å². The third-order valence-corrected chi connectivity index (χ3v) is 2.88. The molecule has 7 heteroatoms. The molecule has 0 aliphatic rings. The van der Waals surface area contributed by atoms with Crippen molar-refractivity contribution in [2.45, 2.75) is 39.7 Å². The van der Waals surface area contributed by atoms with E-state index in [-0.39, 0.29) is 11.8 Å². The summed E-state index contributed by atoms with van der Waals surface area (Å²) in [5.41, 5.74) is 1.08. The number of aromatic nitrogens is 5. The van der Waals surface area contributed by atoms with Crippen molar-refractivity contribution >= 4 is 11.9 Å². The Morgan fingerprint density at radius 1 is 1.45 bits per heavy atom. The van der Waals surface area contributed by atoms with Gasteiger partial charge in [0.1, 0.15) is 0 Å². The van der Waals surface area contributed by atoms with Gasteiger partial charge in [0.25, 0.3) is 0 Å². The van der Waals surface area contributed by atoms with E-state index in [1.54, 1.807) is 22.6 Å². The summed E-state index contributed by atoms with van der Waals surface area (Å²) in [6.45, 7) is 6.55. The number of nitrogens with one attached hydrogen (secondary N) is 1. The predicted molar refractivity (Wildman–Crippen MR) is 75.3 cm³/mol. The summed E-state index contributed by atoms with van der Waals surface area (Å²) in [7, 11) is 1.77. The first-order valence-corrected chi connectivity index (χ1v) is 6.65. The molecule has 1 amide bonds. The van der Waals surface area contributed by atoms with Crippen LogP contribution in [0.4, 0.5) is 5.95 Å². The Labute approximate surface area is 118 Å². The van der Waals surface area contributed by atoms with E-state index in [2.05, 4.69) is 20.5 Å². The van der Waals surface area contributed by atoms with Gasteiger partial charge in [0.15, 0.2) is 5.82 Å². The van der Waals surface area contributed by atoms with Crippen LogP contribution >= 0.6 is 0 Å². The molecule has 2 aromatic heterocycles. The molecule has 0 saturated carbocycles. The fourth-order valence-corrected chi connectivity index (χ4v) is 1.75. The summed E-state index contributed by atoms with van der Waals surface area (Å²) < 4.78 is 3.34. The van der Waals surface area contributed by atoms with Crippen molar-refractivity contribution in [3.8, 4) is 0 Å². The minimum absolute atomic E-state index is 0.0936. The van der Waals surface area contributed by atoms with E-state index < -0.39 is 0 Å². The first-order chi connectivity index (χ1) is 9.45. The largest absolute Gasteiger partial charge is 0.295 e. The summed E-state index contributed by atoms with van der Waals surface area (Å²) >= 11 is 0. The second kappa shape index (κ2) is 5.85. The van der Waals surface area contributed by atoms with Gasteiger partial charge in [-0.25, -0.2) is 4.68 Å². The van der Waals surface area contributed by atoms with Crippen molar-refractivity contribution in [2.75, 3.05) is 5.32 Å². The molecule has 2 aromatic rings. The topological polar surface area (TPSA) is 77.6 Å². The highest BCUT2D eigenvalue weighted by Gasteiger charge is 2.12. The molecule has 0 atom stereocenters. The van der Waals surface area contributed by atoms with E-state index in [1.807, 2.05) is 27.0 Å². The number of hydrogen-bond acceptors (Lipinski definition) is 4. The molecule has 2 rings (SSSR count). The van der Waals surface area contributed by atoms with E-state index in [1.165, 1.54) is 0 Å². The smallest absolute Gasteiger partial charge is 0.228 e. The van der Waals surface area contributed by atoms with Crippen LogP contribution < -0.4 is 5.32 Å². The van der Waals surface area contributed by atoms with E-state index in [4.69, 9.17) is 0 Å². The van der Waals surface area contributed by atoms with Gasteiger partial charge >= 0.3 is 0 Å². The Morgan fingerprint density at radius 3 is 2.75 bits per heavy atom. The van der Waals surface area contributed by atoms with Crippen LogP contribution in [-0.4, -0.2) is 30.5 Å². The van der Waals surface area contributed by atoms with E-state index in [9.17, 15) is 4.79 Å². The number of carbonyl (C=O) groups is 1. The summed E-state index contributed by atoms with van der Waals surface area (Å²) in [6.07, 6.45) is 4.03. The highest BCUT2D eigenvalue weighted by molar-refractivity contribution is 5.88. The van der Waals surface area contributed by atoms with Crippen LogP contribution in [-0.2, 0) is 18.4 Å². The van der Waals surface area contributed by atoms with Gasteiger partial charge in [-0.05, 0) is 12.5 Å². The van der Waals surface area contributed by atoms with Gasteiger partial charge in [0.2, 0.25) is 11.9 Å². The van der Waals surface area contributed by atoms with Gasteiger partial charge < -0.3 is 0 Å². The summed E-state index contributed by atoms with van der Waals surface area (Å²) in [4.78, 5) is 16.2. The predicted octanol–water partition coefficient (Wildman–Crippen LogP) is 1.47. The third kappa shape index (κ3) is 3.43. The molecule has 0 radical (unpaired) electrons. The lowest BCUT2D eigenvalue weighted by molar-refractivity contribution is -0.116. The molecule has 0 aliphatic heterocycles. The molecule has 0 unspecified atom stereocenters. The van der Waals surface area contributed by atoms with Crippen LogP contribution in [0.2, 0.25) is 0 Å². The molecule has 0 fully saturated rings. The number of aryl methyl sites for hydroxylation is 3. The quantitative estimate of drug-likeness (QED) is 0.897. The zero-order chi connectivity index (χ0) is 14.7. The average Bonchev–Trinajstić information content (AvgIpc) is 2.94. The third-order valence-electron chi connectivity index (χ3n) is 2.88. The van der Waals surface area contributed by atoms with Crippen LogP contribution in [0.15, 0.2) is 12.4 Å². The van der Waals surface area contributed by atoms with Crippen molar-refractivity contribution in [1.29, 1.82) is 0 Å². The molecular weight excluding hydrogens is 256 g/mol. The number of carbonyl (C=O) groups excluding carboxylic acids is 1. The minimum Gasteiger partial charge on any atom is -0.295 e. The molecule has 7 nitrogen and oxygen atoms in total.